The van der Waals surface area contributed by atoms with Gasteiger partial charge < -0.3 is 10.6 Å². The van der Waals surface area contributed by atoms with Crippen molar-refractivity contribution in [1.82, 2.24) is 10.6 Å². The van der Waals surface area contributed by atoms with E-state index in [2.05, 4.69) is 10.6 Å². The molecule has 0 aromatic rings. The van der Waals surface area contributed by atoms with E-state index in [9.17, 15) is 0 Å². The molecular formula is C10H16ClIN4. The lowest BCUT2D eigenvalue weighted by Gasteiger charge is -2.08. The van der Waals surface area contributed by atoms with Crippen LogP contribution in [0.1, 0.15) is 13.3 Å². The molecule has 0 spiro atoms. The molecule has 0 saturated carbocycles. The summed E-state index contributed by atoms with van der Waals surface area (Å²) in [4.78, 5) is 0. The highest BCUT2D eigenvalue weighted by atomic mass is 127. The Bertz CT molecular complexity index is 323. The zero-order valence-electron chi connectivity index (χ0n) is 9.32. The molecule has 0 aliphatic heterocycles. The fourth-order valence-electron chi connectivity index (χ4n) is 0.989. The standard InChI is InChI=1S/C10H16ClIN4/c1-3-16-6-7(9(11)13)4-8(5-15-2)10(12)14/h5-6,13-16H,3-4H2,1-2H3/b7-6-,8-5-,13-9?,14-10?. The van der Waals surface area contributed by atoms with Crippen LogP contribution >= 0.6 is 34.2 Å². The molecule has 0 aromatic heterocycles. The molecule has 0 radical (unpaired) electrons. The SMILES string of the molecule is CCN/C=C(/C/C(=C/NC)C(=N)I)C(=N)Cl. The van der Waals surface area contributed by atoms with Gasteiger partial charge in [-0.2, -0.15) is 0 Å². The van der Waals surface area contributed by atoms with E-state index in [0.29, 0.717) is 15.7 Å². The van der Waals surface area contributed by atoms with Crippen molar-refractivity contribution in [3.63, 3.8) is 0 Å². The number of hydrogen-bond acceptors (Lipinski definition) is 4. The van der Waals surface area contributed by atoms with Crippen LogP contribution in [0.4, 0.5) is 0 Å². The highest BCUT2D eigenvalue weighted by Crippen LogP contribution is 2.16. The monoisotopic (exact) mass is 354 g/mol. The lowest BCUT2D eigenvalue weighted by atomic mass is 10.1. The molecule has 16 heavy (non-hydrogen) atoms. The zero-order valence-corrected chi connectivity index (χ0v) is 12.2. The lowest BCUT2D eigenvalue weighted by molar-refractivity contribution is 0.908. The van der Waals surface area contributed by atoms with Crippen LogP contribution in [0.15, 0.2) is 23.5 Å². The van der Waals surface area contributed by atoms with Crippen LogP contribution in [0.3, 0.4) is 0 Å². The Morgan fingerprint density at radius 3 is 2.31 bits per heavy atom. The summed E-state index contributed by atoms with van der Waals surface area (Å²) in [6, 6.07) is 0. The molecule has 0 bridgehead atoms. The second-order valence-electron chi connectivity index (χ2n) is 2.99. The van der Waals surface area contributed by atoms with Gasteiger partial charge in [0.1, 0.15) is 5.17 Å². The summed E-state index contributed by atoms with van der Waals surface area (Å²) in [5, 5.41) is 20.9. The number of nitrogens with one attached hydrogen (secondary N) is 4. The largest absolute Gasteiger partial charge is 0.394 e. The number of rotatable bonds is 7. The molecule has 0 heterocycles. The molecule has 0 aromatic carbocycles. The van der Waals surface area contributed by atoms with Crippen LogP contribution in [0, 0.1) is 10.8 Å². The van der Waals surface area contributed by atoms with Gasteiger partial charge in [0.2, 0.25) is 0 Å². The molecule has 0 saturated heterocycles. The van der Waals surface area contributed by atoms with Crippen molar-refractivity contribution in [2.75, 3.05) is 13.6 Å². The van der Waals surface area contributed by atoms with Crippen LogP contribution in [-0.4, -0.2) is 22.5 Å². The quantitative estimate of drug-likeness (QED) is 0.419. The normalized spacial score (nSPS) is 12.2. The number of halogens is 2. The zero-order chi connectivity index (χ0) is 12.6. The highest BCUT2D eigenvalue weighted by Gasteiger charge is 2.08. The minimum absolute atomic E-state index is 0.000558. The smallest absolute Gasteiger partial charge is 0.125 e. The van der Waals surface area contributed by atoms with E-state index in [1.807, 2.05) is 29.5 Å². The van der Waals surface area contributed by atoms with Crippen LogP contribution in [0.2, 0.25) is 0 Å². The molecule has 0 aliphatic rings. The van der Waals surface area contributed by atoms with Crippen molar-refractivity contribution in [1.29, 1.82) is 10.8 Å². The summed E-state index contributed by atoms with van der Waals surface area (Å²) >= 11 is 7.62. The first-order chi connectivity index (χ1) is 7.52. The van der Waals surface area contributed by atoms with Gasteiger partial charge in [-0.05, 0) is 29.5 Å². The van der Waals surface area contributed by atoms with Gasteiger partial charge in [-0.1, -0.05) is 11.6 Å². The van der Waals surface area contributed by atoms with Crippen LogP contribution < -0.4 is 10.6 Å². The Morgan fingerprint density at radius 2 is 1.94 bits per heavy atom. The molecule has 4 nitrogen and oxygen atoms in total. The van der Waals surface area contributed by atoms with Gasteiger partial charge >= 0.3 is 0 Å². The van der Waals surface area contributed by atoms with Crippen LogP contribution in [0.25, 0.3) is 0 Å². The molecule has 0 fully saturated rings. The average Bonchev–Trinajstić information content (AvgIpc) is 2.21. The second kappa shape index (κ2) is 8.58. The third-order valence-corrected chi connectivity index (χ3v) is 2.68. The fourth-order valence-corrected chi connectivity index (χ4v) is 1.46. The minimum atomic E-state index is 0.000558. The fraction of sp³-hybridized carbons (Fsp3) is 0.400. The molecule has 0 atom stereocenters. The molecule has 0 unspecified atom stereocenters. The van der Waals surface area contributed by atoms with Gasteiger partial charge in [0.25, 0.3) is 0 Å². The Hall–Kier alpha value is -0.560. The van der Waals surface area contributed by atoms with Crippen LogP contribution in [-0.2, 0) is 0 Å². The van der Waals surface area contributed by atoms with E-state index in [1.165, 1.54) is 0 Å². The Kier molecular flexibility index (Phi) is 8.28. The van der Waals surface area contributed by atoms with E-state index >= 15 is 0 Å². The van der Waals surface area contributed by atoms with Crippen molar-refractivity contribution < 1.29 is 0 Å². The number of hydrogen-bond donors (Lipinski definition) is 4. The van der Waals surface area contributed by atoms with Gasteiger partial charge in [0, 0.05) is 43.6 Å². The highest BCUT2D eigenvalue weighted by molar-refractivity contribution is 14.1. The maximum atomic E-state index is 7.58. The molecule has 4 N–H and O–H groups in total. The van der Waals surface area contributed by atoms with E-state index in [0.717, 1.165) is 12.1 Å². The molecule has 0 amide bonds. The Balaban J connectivity index is 4.79. The van der Waals surface area contributed by atoms with Gasteiger partial charge in [-0.3, -0.25) is 10.8 Å². The van der Waals surface area contributed by atoms with Crippen molar-refractivity contribution in [3.05, 3.63) is 23.5 Å². The third-order valence-electron chi connectivity index (χ3n) is 1.74. The summed E-state index contributed by atoms with van der Waals surface area (Å²) < 4.78 is 0.437. The Morgan fingerprint density at radius 1 is 1.31 bits per heavy atom. The number of allylic oxidation sites excluding steroid dienone is 2. The maximum Gasteiger partial charge on any atom is 0.125 e. The summed E-state index contributed by atoms with van der Waals surface area (Å²) in [6.45, 7) is 2.75. The predicted octanol–water partition coefficient (Wildman–Crippen LogP) is 2.60. The van der Waals surface area contributed by atoms with Crippen molar-refractivity contribution in [2.24, 2.45) is 0 Å². The molecule has 6 heteroatoms. The first kappa shape index (κ1) is 15.4. The molecule has 0 aliphatic carbocycles. The van der Waals surface area contributed by atoms with Gasteiger partial charge in [0.15, 0.2) is 0 Å². The second-order valence-corrected chi connectivity index (χ2v) is 4.45. The van der Waals surface area contributed by atoms with Crippen molar-refractivity contribution >= 4 is 43.1 Å². The van der Waals surface area contributed by atoms with Gasteiger partial charge in [0.05, 0.1) is 3.72 Å². The molecule has 0 rings (SSSR count). The van der Waals surface area contributed by atoms with E-state index in [-0.39, 0.29) is 5.17 Å². The van der Waals surface area contributed by atoms with Gasteiger partial charge in [-0.15, -0.1) is 0 Å². The summed E-state index contributed by atoms with van der Waals surface area (Å²) in [6.07, 6.45) is 3.94. The first-order valence-corrected chi connectivity index (χ1v) is 6.26. The molecule has 90 valence electrons. The van der Waals surface area contributed by atoms with Crippen molar-refractivity contribution in [3.8, 4) is 0 Å². The lowest BCUT2D eigenvalue weighted by Crippen LogP contribution is -2.09. The third kappa shape index (κ3) is 6.12. The molecular weight excluding hydrogens is 338 g/mol. The Labute approximate surface area is 115 Å². The van der Waals surface area contributed by atoms with Crippen LogP contribution in [0.5, 0.6) is 0 Å². The first-order valence-electron chi connectivity index (χ1n) is 4.80. The summed E-state index contributed by atoms with van der Waals surface area (Å²) in [5.41, 5.74) is 1.48. The van der Waals surface area contributed by atoms with E-state index < -0.39 is 0 Å². The minimum Gasteiger partial charge on any atom is -0.394 e. The summed E-state index contributed by atoms with van der Waals surface area (Å²) in [5.74, 6) is 0. The predicted molar refractivity (Wildman–Crippen MR) is 78.8 cm³/mol. The van der Waals surface area contributed by atoms with E-state index in [4.69, 9.17) is 22.4 Å². The topological polar surface area (TPSA) is 71.8 Å². The summed E-state index contributed by atoms with van der Waals surface area (Å²) in [7, 11) is 1.78. The average molecular weight is 355 g/mol. The van der Waals surface area contributed by atoms with Gasteiger partial charge in [-0.25, -0.2) is 0 Å². The van der Waals surface area contributed by atoms with Crippen molar-refractivity contribution in [2.45, 2.75) is 13.3 Å². The van der Waals surface area contributed by atoms with E-state index in [1.54, 1.807) is 19.4 Å². The maximum absolute atomic E-state index is 7.58.